The minimum Gasteiger partial charge on any atom is -0.463 e. The molecule has 0 fully saturated rings. The summed E-state index contributed by atoms with van der Waals surface area (Å²) in [5.41, 5.74) is 6.43. The summed E-state index contributed by atoms with van der Waals surface area (Å²) in [6, 6.07) is 11.0. The van der Waals surface area contributed by atoms with E-state index in [4.69, 9.17) is 4.42 Å². The Balaban J connectivity index is 1.77. The number of anilines is 1. The summed E-state index contributed by atoms with van der Waals surface area (Å²) in [4.78, 5) is 26.2. The van der Waals surface area contributed by atoms with E-state index in [2.05, 4.69) is 29.6 Å². The van der Waals surface area contributed by atoms with E-state index in [1.54, 1.807) is 18.4 Å². The van der Waals surface area contributed by atoms with Gasteiger partial charge >= 0.3 is 0 Å². The van der Waals surface area contributed by atoms with E-state index >= 15 is 0 Å². The van der Waals surface area contributed by atoms with Crippen LogP contribution in [0.15, 0.2) is 47.1 Å². The minimum absolute atomic E-state index is 0.0269. The number of amides is 2. The Morgan fingerprint density at radius 2 is 1.81 bits per heavy atom. The van der Waals surface area contributed by atoms with Crippen LogP contribution in [0.25, 0.3) is 0 Å². The van der Waals surface area contributed by atoms with E-state index in [1.165, 1.54) is 0 Å². The van der Waals surface area contributed by atoms with Crippen LogP contribution in [-0.2, 0) is 4.79 Å². The molecule has 7 nitrogen and oxygen atoms in total. The van der Waals surface area contributed by atoms with E-state index in [0.29, 0.717) is 5.56 Å². The first-order valence-electron chi connectivity index (χ1n) is 8.86. The number of hydrazine groups is 1. The summed E-state index contributed by atoms with van der Waals surface area (Å²) in [6.45, 7) is 8.12. The van der Waals surface area contributed by atoms with Gasteiger partial charge in [-0.15, -0.1) is 0 Å². The van der Waals surface area contributed by atoms with Crippen LogP contribution in [-0.4, -0.2) is 31.4 Å². The normalized spacial score (nSPS) is 11.7. The molecule has 0 aliphatic rings. The van der Waals surface area contributed by atoms with Crippen molar-refractivity contribution >= 4 is 17.5 Å². The molecule has 1 atom stereocenters. The zero-order valence-corrected chi connectivity index (χ0v) is 15.5. The van der Waals surface area contributed by atoms with Gasteiger partial charge in [-0.05, 0) is 57.2 Å². The molecule has 26 heavy (non-hydrogen) atoms. The van der Waals surface area contributed by atoms with Crippen LogP contribution in [0.5, 0.6) is 0 Å². The summed E-state index contributed by atoms with van der Waals surface area (Å²) >= 11 is 0. The number of nitrogens with one attached hydrogen (secondary N) is 2. The van der Waals surface area contributed by atoms with Crippen LogP contribution >= 0.6 is 0 Å². The highest BCUT2D eigenvalue weighted by molar-refractivity contribution is 5.95. The van der Waals surface area contributed by atoms with Gasteiger partial charge in [-0.3, -0.25) is 20.4 Å². The van der Waals surface area contributed by atoms with E-state index < -0.39 is 0 Å². The molecule has 1 aromatic heterocycles. The molecule has 0 saturated heterocycles. The van der Waals surface area contributed by atoms with Gasteiger partial charge in [-0.2, -0.15) is 0 Å². The Labute approximate surface area is 153 Å². The molecule has 7 heteroatoms. The number of rotatable bonds is 8. The zero-order chi connectivity index (χ0) is 18.9. The predicted octanol–water partition coefficient (Wildman–Crippen LogP) is 1.21. The Morgan fingerprint density at radius 1 is 1.12 bits per heavy atom. The van der Waals surface area contributed by atoms with Gasteiger partial charge in [0.05, 0.1) is 6.26 Å². The van der Waals surface area contributed by atoms with E-state index in [-0.39, 0.29) is 24.4 Å². The molecule has 0 bridgehead atoms. The Hall–Kier alpha value is -2.80. The van der Waals surface area contributed by atoms with Crippen molar-refractivity contribution in [1.29, 1.82) is 0 Å². The molecular weight excluding hydrogens is 332 g/mol. The van der Waals surface area contributed by atoms with E-state index in [0.717, 1.165) is 24.5 Å². The van der Waals surface area contributed by atoms with Crippen molar-refractivity contribution in [1.82, 2.24) is 10.9 Å². The summed E-state index contributed by atoms with van der Waals surface area (Å²) in [6.07, 6.45) is 1.60. The molecule has 0 spiro atoms. The van der Waals surface area contributed by atoms with Gasteiger partial charge in [0.1, 0.15) is 6.04 Å². The number of carbonyl (C=O) groups excluding carboxylic acids is 2. The van der Waals surface area contributed by atoms with Gasteiger partial charge in [-0.25, -0.2) is 0 Å². The second-order valence-electron chi connectivity index (χ2n) is 5.97. The van der Waals surface area contributed by atoms with Crippen molar-refractivity contribution in [2.75, 3.05) is 24.5 Å². The molecule has 0 aliphatic heterocycles. The lowest BCUT2D eigenvalue weighted by Gasteiger charge is -2.21. The van der Waals surface area contributed by atoms with Crippen LogP contribution < -0.4 is 21.1 Å². The number of hydrogen-bond donors (Lipinski definition) is 3. The molecular formula is C19H27N4O3+. The van der Waals surface area contributed by atoms with Crippen LogP contribution in [0.1, 0.15) is 42.9 Å². The standard InChI is InChI=1S/C19H26N4O3/c1-4-23(5-2)16-10-8-15(9-11-16)19(25)22-21-18(24)13-20-14(3)17-7-6-12-26-17/h6-12,14,20H,4-5,13H2,1-3H3,(H,21,24)(H,22,25)/p+1/t14-/m1/s1. The third-order valence-corrected chi connectivity index (χ3v) is 4.22. The Kier molecular flexibility index (Phi) is 7.23. The lowest BCUT2D eigenvalue weighted by atomic mass is 10.2. The number of nitrogens with zero attached hydrogens (tertiary/aromatic N) is 1. The maximum atomic E-state index is 12.1. The SMILES string of the molecule is CCN(CC)c1ccc(C(=O)NNC(=O)C[NH2+][C@H](C)c2ccco2)cc1. The van der Waals surface area contributed by atoms with Gasteiger partial charge < -0.3 is 14.6 Å². The zero-order valence-electron chi connectivity index (χ0n) is 15.5. The molecule has 2 amide bonds. The number of carbonyl (C=O) groups is 2. The first-order valence-corrected chi connectivity index (χ1v) is 8.86. The smallest absolute Gasteiger partial charge is 0.293 e. The first-order chi connectivity index (χ1) is 12.5. The summed E-state index contributed by atoms with van der Waals surface area (Å²) < 4.78 is 5.29. The van der Waals surface area contributed by atoms with Crippen molar-refractivity contribution in [2.45, 2.75) is 26.8 Å². The number of nitrogens with two attached hydrogens (primary N) is 1. The van der Waals surface area contributed by atoms with Gasteiger partial charge in [0.2, 0.25) is 0 Å². The maximum Gasteiger partial charge on any atom is 0.293 e. The second-order valence-corrected chi connectivity index (χ2v) is 5.97. The molecule has 0 saturated carbocycles. The Bertz CT molecular complexity index is 694. The second kappa shape index (κ2) is 9.62. The largest absolute Gasteiger partial charge is 0.463 e. The van der Waals surface area contributed by atoms with Crippen molar-refractivity contribution in [3.8, 4) is 0 Å². The minimum atomic E-state index is -0.344. The number of furan rings is 1. The Morgan fingerprint density at radius 3 is 2.38 bits per heavy atom. The molecule has 4 N–H and O–H groups in total. The van der Waals surface area contributed by atoms with Gasteiger partial charge in [0.25, 0.3) is 11.8 Å². The van der Waals surface area contributed by atoms with Crippen molar-refractivity contribution in [3.63, 3.8) is 0 Å². The fourth-order valence-corrected chi connectivity index (χ4v) is 2.61. The third-order valence-electron chi connectivity index (χ3n) is 4.22. The van der Waals surface area contributed by atoms with Crippen LogP contribution in [0, 0.1) is 0 Å². The molecule has 1 heterocycles. The highest BCUT2D eigenvalue weighted by atomic mass is 16.3. The van der Waals surface area contributed by atoms with Gasteiger partial charge in [-0.1, -0.05) is 0 Å². The highest BCUT2D eigenvalue weighted by Crippen LogP contribution is 2.14. The van der Waals surface area contributed by atoms with Crippen LogP contribution in [0.4, 0.5) is 5.69 Å². The summed E-state index contributed by atoms with van der Waals surface area (Å²) in [5, 5.41) is 1.83. The van der Waals surface area contributed by atoms with Crippen LogP contribution in [0.2, 0.25) is 0 Å². The molecule has 0 unspecified atom stereocenters. The van der Waals surface area contributed by atoms with Gasteiger partial charge in [0, 0.05) is 24.3 Å². The molecule has 2 rings (SSSR count). The monoisotopic (exact) mass is 359 g/mol. The fourth-order valence-electron chi connectivity index (χ4n) is 2.61. The highest BCUT2D eigenvalue weighted by Gasteiger charge is 2.14. The molecule has 0 radical (unpaired) electrons. The topological polar surface area (TPSA) is 91.2 Å². The fraction of sp³-hybridized carbons (Fsp3) is 0.368. The van der Waals surface area contributed by atoms with Crippen molar-refractivity contribution in [2.24, 2.45) is 0 Å². The lowest BCUT2D eigenvalue weighted by Crippen LogP contribution is -2.87. The van der Waals surface area contributed by atoms with E-state index in [1.807, 2.05) is 36.5 Å². The maximum absolute atomic E-state index is 12.1. The van der Waals surface area contributed by atoms with E-state index in [9.17, 15) is 9.59 Å². The summed E-state index contributed by atoms with van der Waals surface area (Å²) in [5.74, 6) is 0.176. The average molecular weight is 359 g/mol. The molecule has 2 aromatic rings. The number of hydrogen-bond acceptors (Lipinski definition) is 4. The number of benzene rings is 1. The first kappa shape index (κ1) is 19.5. The van der Waals surface area contributed by atoms with Gasteiger partial charge in [0.15, 0.2) is 12.3 Å². The predicted molar refractivity (Wildman–Crippen MR) is 99.5 cm³/mol. The van der Waals surface area contributed by atoms with Crippen molar-refractivity contribution in [3.05, 3.63) is 54.0 Å². The lowest BCUT2D eigenvalue weighted by molar-refractivity contribution is -0.684. The molecule has 140 valence electrons. The van der Waals surface area contributed by atoms with Crippen LogP contribution in [0.3, 0.4) is 0 Å². The molecule has 0 aliphatic carbocycles. The molecule has 1 aromatic carbocycles. The average Bonchev–Trinajstić information content (AvgIpc) is 3.20. The van der Waals surface area contributed by atoms with Crippen molar-refractivity contribution < 1.29 is 19.3 Å². The quantitative estimate of drug-likeness (QED) is 0.618. The third kappa shape index (κ3) is 5.35. The number of quaternary nitrogens is 1. The summed E-state index contributed by atoms with van der Waals surface area (Å²) in [7, 11) is 0.